The molecule has 0 saturated carbocycles. The number of amides is 3. The molecule has 0 aromatic heterocycles. The fourth-order valence-electron chi connectivity index (χ4n) is 2.34. The molecule has 1 heterocycles. The number of carboxylic acids is 1. The van der Waals surface area contributed by atoms with Crippen molar-refractivity contribution < 1.29 is 29.4 Å². The van der Waals surface area contributed by atoms with Crippen LogP contribution in [0.5, 0.6) is 0 Å². The molecule has 0 spiro atoms. The van der Waals surface area contributed by atoms with E-state index in [0.29, 0.717) is 0 Å². The first-order valence-corrected chi connectivity index (χ1v) is 7.10. The summed E-state index contributed by atoms with van der Waals surface area (Å²) in [6, 6.07) is 2.40. The van der Waals surface area contributed by atoms with Crippen molar-refractivity contribution in [2.45, 2.75) is 19.1 Å². The van der Waals surface area contributed by atoms with Crippen molar-refractivity contribution in [3.63, 3.8) is 0 Å². The highest BCUT2D eigenvalue weighted by atomic mass is 16.4. The van der Waals surface area contributed by atoms with Crippen LogP contribution in [0.1, 0.15) is 38.0 Å². The van der Waals surface area contributed by atoms with E-state index >= 15 is 0 Å². The Kier molecular flexibility index (Phi) is 4.79. The molecule has 2 atom stereocenters. The van der Waals surface area contributed by atoms with Crippen LogP contribution in [0.2, 0.25) is 0 Å². The Labute approximate surface area is 137 Å². The van der Waals surface area contributed by atoms with Gasteiger partial charge in [0.05, 0.1) is 17.2 Å². The van der Waals surface area contributed by atoms with Gasteiger partial charge in [-0.2, -0.15) is 0 Å². The molecule has 0 bridgehead atoms. The highest BCUT2D eigenvalue weighted by Gasteiger charge is 2.35. The summed E-state index contributed by atoms with van der Waals surface area (Å²) in [7, 11) is 0. The Balaban J connectivity index is 2.28. The minimum absolute atomic E-state index is 0.0160. The highest BCUT2D eigenvalue weighted by molar-refractivity contribution is 6.22. The predicted octanol–water partition coefficient (Wildman–Crippen LogP) is 0.0324. The predicted molar refractivity (Wildman–Crippen MR) is 82.6 cm³/mol. The maximum absolute atomic E-state index is 12.2. The molecule has 0 aliphatic carbocycles. The van der Waals surface area contributed by atoms with E-state index in [1.54, 1.807) is 0 Å². The summed E-state index contributed by atoms with van der Waals surface area (Å²) in [6.07, 6.45) is 0.113. The zero-order chi connectivity index (χ0) is 18.0. The Morgan fingerprint density at radius 1 is 1.29 bits per heavy atom. The Hall–Kier alpha value is -3.00. The SMILES string of the molecule is C=CCN1C(=O)c2ccc(C(=O)NC(C(=O)O)C(C)O)cc2C1=O. The highest BCUT2D eigenvalue weighted by Crippen LogP contribution is 2.24. The van der Waals surface area contributed by atoms with Crippen LogP contribution >= 0.6 is 0 Å². The monoisotopic (exact) mass is 332 g/mol. The van der Waals surface area contributed by atoms with Gasteiger partial charge in [-0.3, -0.25) is 19.3 Å². The molecule has 1 aromatic rings. The number of rotatable bonds is 6. The van der Waals surface area contributed by atoms with Crippen molar-refractivity contribution in [2.24, 2.45) is 0 Å². The summed E-state index contributed by atoms with van der Waals surface area (Å²) in [5.41, 5.74) is 0.254. The van der Waals surface area contributed by atoms with E-state index in [-0.39, 0.29) is 23.2 Å². The van der Waals surface area contributed by atoms with E-state index in [1.165, 1.54) is 31.2 Å². The normalized spacial score (nSPS) is 15.7. The fraction of sp³-hybridized carbons (Fsp3) is 0.250. The number of benzene rings is 1. The average Bonchev–Trinajstić information content (AvgIpc) is 2.76. The average molecular weight is 332 g/mol. The van der Waals surface area contributed by atoms with Crippen LogP contribution in [-0.2, 0) is 4.79 Å². The molecule has 1 aromatic carbocycles. The fourth-order valence-corrected chi connectivity index (χ4v) is 2.34. The summed E-state index contributed by atoms with van der Waals surface area (Å²) in [6.45, 7) is 4.76. The van der Waals surface area contributed by atoms with Gasteiger partial charge in [-0.25, -0.2) is 4.79 Å². The number of nitrogens with zero attached hydrogens (tertiary/aromatic N) is 1. The molecule has 0 radical (unpaired) electrons. The van der Waals surface area contributed by atoms with Crippen molar-refractivity contribution in [3.8, 4) is 0 Å². The quantitative estimate of drug-likeness (QED) is 0.499. The van der Waals surface area contributed by atoms with E-state index in [4.69, 9.17) is 5.11 Å². The molecule has 8 nitrogen and oxygen atoms in total. The van der Waals surface area contributed by atoms with Crippen molar-refractivity contribution in [1.82, 2.24) is 10.2 Å². The van der Waals surface area contributed by atoms with Gasteiger partial charge in [0.1, 0.15) is 0 Å². The number of carboxylic acid groups (broad SMARTS) is 1. The maximum atomic E-state index is 12.2. The van der Waals surface area contributed by atoms with Gasteiger partial charge in [0.25, 0.3) is 17.7 Å². The number of hydrogen-bond acceptors (Lipinski definition) is 5. The first kappa shape index (κ1) is 17.4. The third-order valence-corrected chi connectivity index (χ3v) is 3.58. The Bertz CT molecular complexity index is 740. The minimum Gasteiger partial charge on any atom is -0.480 e. The van der Waals surface area contributed by atoms with E-state index in [0.717, 1.165) is 4.90 Å². The minimum atomic E-state index is -1.49. The number of nitrogens with one attached hydrogen (secondary N) is 1. The van der Waals surface area contributed by atoms with Gasteiger partial charge in [0, 0.05) is 12.1 Å². The summed E-state index contributed by atoms with van der Waals surface area (Å²) in [5.74, 6) is -3.18. The molecule has 1 aliphatic rings. The molecule has 2 rings (SSSR count). The van der Waals surface area contributed by atoms with Gasteiger partial charge in [-0.15, -0.1) is 6.58 Å². The molecule has 1 aliphatic heterocycles. The van der Waals surface area contributed by atoms with Gasteiger partial charge in [0.2, 0.25) is 0 Å². The summed E-state index contributed by atoms with van der Waals surface area (Å²) in [5, 5.41) is 20.5. The van der Waals surface area contributed by atoms with Gasteiger partial charge in [-0.05, 0) is 25.1 Å². The third-order valence-electron chi connectivity index (χ3n) is 3.58. The number of aliphatic hydroxyl groups excluding tert-OH is 1. The van der Waals surface area contributed by atoms with Crippen molar-refractivity contribution in [3.05, 3.63) is 47.5 Å². The lowest BCUT2D eigenvalue weighted by Crippen LogP contribution is -2.47. The molecule has 0 saturated heterocycles. The number of aliphatic carboxylic acids is 1. The van der Waals surface area contributed by atoms with Crippen LogP contribution in [0.25, 0.3) is 0 Å². The number of carbonyl (C=O) groups excluding carboxylic acids is 3. The number of aliphatic hydroxyl groups is 1. The lowest BCUT2D eigenvalue weighted by atomic mass is 10.0. The third kappa shape index (κ3) is 3.04. The molecular formula is C16H16N2O6. The smallest absolute Gasteiger partial charge is 0.328 e. The Morgan fingerprint density at radius 2 is 1.92 bits per heavy atom. The lowest BCUT2D eigenvalue weighted by molar-refractivity contribution is -0.141. The molecule has 2 unspecified atom stereocenters. The van der Waals surface area contributed by atoms with Crippen molar-refractivity contribution >= 4 is 23.7 Å². The lowest BCUT2D eigenvalue weighted by Gasteiger charge is -2.17. The van der Waals surface area contributed by atoms with Crippen LogP contribution in [0.15, 0.2) is 30.9 Å². The van der Waals surface area contributed by atoms with E-state index in [2.05, 4.69) is 11.9 Å². The largest absolute Gasteiger partial charge is 0.480 e. The molecule has 0 fully saturated rings. The van der Waals surface area contributed by atoms with Gasteiger partial charge in [0.15, 0.2) is 6.04 Å². The molecule has 8 heteroatoms. The van der Waals surface area contributed by atoms with Crippen LogP contribution in [0.4, 0.5) is 0 Å². The standard InChI is InChI=1S/C16H16N2O6/c1-3-6-18-14(21)10-5-4-9(7-11(10)15(18)22)13(20)17-12(8(2)19)16(23)24/h3-5,7-8,12,19H,1,6H2,2H3,(H,17,20)(H,23,24). The summed E-state index contributed by atoms with van der Waals surface area (Å²) < 4.78 is 0. The van der Waals surface area contributed by atoms with Crippen molar-refractivity contribution in [2.75, 3.05) is 6.54 Å². The second-order valence-electron chi connectivity index (χ2n) is 5.30. The second kappa shape index (κ2) is 6.63. The summed E-state index contributed by atoms with van der Waals surface area (Å²) >= 11 is 0. The van der Waals surface area contributed by atoms with E-state index in [1.807, 2.05) is 0 Å². The van der Waals surface area contributed by atoms with Gasteiger partial charge >= 0.3 is 5.97 Å². The van der Waals surface area contributed by atoms with E-state index in [9.17, 15) is 24.3 Å². The Morgan fingerprint density at radius 3 is 2.46 bits per heavy atom. The van der Waals surface area contributed by atoms with Gasteiger partial charge < -0.3 is 15.5 Å². The van der Waals surface area contributed by atoms with E-state index < -0.39 is 35.8 Å². The topological polar surface area (TPSA) is 124 Å². The number of carbonyl (C=O) groups is 4. The molecule has 3 amide bonds. The molecular weight excluding hydrogens is 316 g/mol. The zero-order valence-electron chi connectivity index (χ0n) is 12.9. The molecule has 24 heavy (non-hydrogen) atoms. The first-order valence-electron chi connectivity index (χ1n) is 7.10. The van der Waals surface area contributed by atoms with Crippen LogP contribution in [-0.4, -0.2) is 57.5 Å². The number of hydrogen-bond donors (Lipinski definition) is 3. The first-order chi connectivity index (χ1) is 11.3. The zero-order valence-corrected chi connectivity index (χ0v) is 12.9. The number of imide groups is 1. The van der Waals surface area contributed by atoms with Crippen LogP contribution in [0.3, 0.4) is 0 Å². The molecule has 126 valence electrons. The maximum Gasteiger partial charge on any atom is 0.328 e. The van der Waals surface area contributed by atoms with Crippen LogP contribution < -0.4 is 5.32 Å². The second-order valence-corrected chi connectivity index (χ2v) is 5.30. The van der Waals surface area contributed by atoms with Crippen LogP contribution in [0, 0.1) is 0 Å². The summed E-state index contributed by atoms with van der Waals surface area (Å²) in [4.78, 5) is 48.4. The van der Waals surface area contributed by atoms with Crippen molar-refractivity contribution in [1.29, 1.82) is 0 Å². The van der Waals surface area contributed by atoms with Gasteiger partial charge in [-0.1, -0.05) is 6.08 Å². The molecule has 3 N–H and O–H groups in total. The number of fused-ring (bicyclic) bond motifs is 1.